The highest BCUT2D eigenvalue weighted by Gasteiger charge is 2.50. The Balaban J connectivity index is 0.00000256. The first-order chi connectivity index (χ1) is 14.1. The second-order valence-corrected chi connectivity index (χ2v) is 8.97. The molecule has 1 heterocycles. The molecule has 0 bridgehead atoms. The van der Waals surface area contributed by atoms with Gasteiger partial charge in [-0.25, -0.2) is 9.98 Å². The lowest BCUT2D eigenvalue weighted by atomic mass is 9.75. The predicted molar refractivity (Wildman–Crippen MR) is 141 cm³/mol. The molecule has 1 aliphatic carbocycles. The van der Waals surface area contributed by atoms with Gasteiger partial charge in [-0.15, -0.1) is 24.0 Å². The third-order valence-electron chi connectivity index (χ3n) is 5.91. The Morgan fingerprint density at radius 2 is 1.73 bits per heavy atom. The van der Waals surface area contributed by atoms with Crippen LogP contribution in [0.15, 0.2) is 58.5 Å². The normalized spacial score (nSPS) is 24.7. The van der Waals surface area contributed by atoms with Crippen molar-refractivity contribution in [3.8, 4) is 5.75 Å². The number of hydrogen-bond acceptors (Lipinski definition) is 4. The van der Waals surface area contributed by atoms with Crippen LogP contribution in [0.3, 0.4) is 0 Å². The van der Waals surface area contributed by atoms with E-state index in [4.69, 9.17) is 26.3 Å². The van der Waals surface area contributed by atoms with Crippen LogP contribution in [0, 0.1) is 5.92 Å². The number of amidine groups is 2. The van der Waals surface area contributed by atoms with Crippen molar-refractivity contribution in [3.63, 3.8) is 0 Å². The van der Waals surface area contributed by atoms with Crippen molar-refractivity contribution >= 4 is 69.7 Å². The zero-order valence-corrected chi connectivity index (χ0v) is 21.4. The molecule has 0 radical (unpaired) electrons. The van der Waals surface area contributed by atoms with Gasteiger partial charge in [-0.3, -0.25) is 0 Å². The Kier molecular flexibility index (Phi) is 7.74. The number of aliphatic imine (C=N–C) groups is 2. The van der Waals surface area contributed by atoms with Crippen molar-refractivity contribution in [1.29, 1.82) is 0 Å². The number of ether oxygens (including phenoxy) is 1. The van der Waals surface area contributed by atoms with E-state index < -0.39 is 0 Å². The maximum atomic E-state index is 6.06. The van der Waals surface area contributed by atoms with Crippen LogP contribution in [0.4, 0.5) is 11.4 Å². The molecule has 7 heteroatoms. The monoisotopic (exact) mass is 555 g/mol. The van der Waals surface area contributed by atoms with Gasteiger partial charge in [0.1, 0.15) is 11.3 Å². The molecule has 0 amide bonds. The fraction of sp³-hybridized carbons (Fsp3) is 0.391. The topological polar surface area (TPSA) is 37.2 Å². The number of rotatable bonds is 3. The van der Waals surface area contributed by atoms with E-state index in [1.165, 1.54) is 12.8 Å². The van der Waals surface area contributed by atoms with Gasteiger partial charge in [0.05, 0.1) is 12.8 Å². The fourth-order valence-electron chi connectivity index (χ4n) is 4.21. The number of thioether (sulfide) groups is 1. The maximum Gasteiger partial charge on any atom is 0.170 e. The molecule has 160 valence electrons. The quantitative estimate of drug-likeness (QED) is 0.376. The molecule has 1 saturated carbocycles. The predicted octanol–water partition coefficient (Wildman–Crippen LogP) is 7.18. The standard InChI is InChI=1S/C23H26ClN3OS.HI/c1-16-12-14-23(15-13-16)21(25-18-6-4-17(24)5-7-18)26-22(29-3)27(23)19-8-10-20(28-2)11-9-19;/h4-11,16H,12-15H2,1-3H3;1H. The van der Waals surface area contributed by atoms with Crippen LogP contribution < -0.4 is 9.64 Å². The molecule has 4 rings (SSSR count). The summed E-state index contributed by atoms with van der Waals surface area (Å²) in [5, 5.41) is 1.71. The molecule has 2 aromatic rings. The van der Waals surface area contributed by atoms with Crippen LogP contribution in [0.2, 0.25) is 5.02 Å². The van der Waals surface area contributed by atoms with E-state index >= 15 is 0 Å². The fourth-order valence-corrected chi connectivity index (χ4v) is 4.97. The Morgan fingerprint density at radius 1 is 1.10 bits per heavy atom. The second-order valence-electron chi connectivity index (χ2n) is 7.76. The Morgan fingerprint density at radius 3 is 2.30 bits per heavy atom. The lowest BCUT2D eigenvalue weighted by Crippen LogP contribution is -2.53. The molecule has 1 fully saturated rings. The van der Waals surface area contributed by atoms with E-state index in [1.807, 2.05) is 36.4 Å². The number of nitrogens with zero attached hydrogens (tertiary/aromatic N) is 3. The van der Waals surface area contributed by atoms with E-state index in [9.17, 15) is 0 Å². The summed E-state index contributed by atoms with van der Waals surface area (Å²) in [5.74, 6) is 2.50. The summed E-state index contributed by atoms with van der Waals surface area (Å²) < 4.78 is 5.36. The second kappa shape index (κ2) is 9.92. The summed E-state index contributed by atoms with van der Waals surface area (Å²) >= 11 is 7.74. The van der Waals surface area contributed by atoms with E-state index in [1.54, 1.807) is 18.9 Å². The minimum atomic E-state index is -0.209. The van der Waals surface area contributed by atoms with Crippen LogP contribution >= 0.6 is 47.3 Å². The summed E-state index contributed by atoms with van der Waals surface area (Å²) in [6, 6.07) is 15.9. The first-order valence-electron chi connectivity index (χ1n) is 9.97. The van der Waals surface area contributed by atoms with E-state index in [0.717, 1.165) is 51.9 Å². The van der Waals surface area contributed by atoms with Crippen molar-refractivity contribution in [3.05, 3.63) is 53.6 Å². The number of methoxy groups -OCH3 is 1. The zero-order valence-electron chi connectivity index (χ0n) is 17.5. The maximum absolute atomic E-state index is 6.06. The van der Waals surface area contributed by atoms with Gasteiger partial charge in [0.25, 0.3) is 0 Å². The van der Waals surface area contributed by atoms with E-state index in [0.29, 0.717) is 0 Å². The smallest absolute Gasteiger partial charge is 0.170 e. The van der Waals surface area contributed by atoms with Crippen molar-refractivity contribution in [2.24, 2.45) is 15.9 Å². The molecule has 2 aromatic carbocycles. The average Bonchev–Trinajstić information content (AvgIpc) is 3.04. The summed E-state index contributed by atoms with van der Waals surface area (Å²) in [7, 11) is 1.69. The minimum Gasteiger partial charge on any atom is -0.497 e. The molecule has 0 atom stereocenters. The first kappa shape index (κ1) is 23.4. The van der Waals surface area contributed by atoms with Crippen LogP contribution in [-0.2, 0) is 0 Å². The van der Waals surface area contributed by atoms with Gasteiger partial charge in [-0.1, -0.05) is 30.3 Å². The molecule has 0 aromatic heterocycles. The Hall–Kier alpha value is -1.25. The van der Waals surface area contributed by atoms with Crippen LogP contribution in [0.5, 0.6) is 5.75 Å². The molecular formula is C23H27ClIN3OS. The number of benzene rings is 2. The molecule has 4 nitrogen and oxygen atoms in total. The molecule has 2 aliphatic rings. The first-order valence-corrected chi connectivity index (χ1v) is 11.6. The Bertz CT molecular complexity index is 922. The third kappa shape index (κ3) is 4.50. The lowest BCUT2D eigenvalue weighted by Gasteiger charge is -2.43. The molecule has 30 heavy (non-hydrogen) atoms. The van der Waals surface area contributed by atoms with Gasteiger partial charge in [0.15, 0.2) is 11.0 Å². The van der Waals surface area contributed by atoms with Crippen molar-refractivity contribution < 1.29 is 4.74 Å². The van der Waals surface area contributed by atoms with Gasteiger partial charge in [0.2, 0.25) is 0 Å². The van der Waals surface area contributed by atoms with Gasteiger partial charge < -0.3 is 9.64 Å². The highest BCUT2D eigenvalue weighted by atomic mass is 127. The van der Waals surface area contributed by atoms with Gasteiger partial charge in [-0.2, -0.15) is 0 Å². The SMILES string of the molecule is COc1ccc(N2C(SC)=NC(=Nc3ccc(Cl)cc3)C23CCC(C)CC3)cc1.I. The van der Waals surface area contributed by atoms with Crippen molar-refractivity contribution in [1.82, 2.24) is 0 Å². The molecular weight excluding hydrogens is 529 g/mol. The van der Waals surface area contributed by atoms with E-state index in [-0.39, 0.29) is 29.5 Å². The molecule has 0 unspecified atom stereocenters. The highest BCUT2D eigenvalue weighted by molar-refractivity contribution is 14.0. The van der Waals surface area contributed by atoms with Crippen LogP contribution in [0.1, 0.15) is 32.6 Å². The third-order valence-corrected chi connectivity index (χ3v) is 6.80. The van der Waals surface area contributed by atoms with Gasteiger partial charge in [0, 0.05) is 10.7 Å². The van der Waals surface area contributed by atoms with Crippen LogP contribution in [0.25, 0.3) is 0 Å². The van der Waals surface area contributed by atoms with E-state index in [2.05, 4.69) is 30.2 Å². The lowest BCUT2D eigenvalue weighted by molar-refractivity contribution is 0.310. The molecule has 0 saturated heterocycles. The number of hydrogen-bond donors (Lipinski definition) is 0. The molecule has 1 spiro atoms. The minimum absolute atomic E-state index is 0. The Labute approximate surface area is 205 Å². The summed E-state index contributed by atoms with van der Waals surface area (Å²) in [4.78, 5) is 12.4. The van der Waals surface area contributed by atoms with Gasteiger partial charge >= 0.3 is 0 Å². The average molecular weight is 556 g/mol. The summed E-state index contributed by atoms with van der Waals surface area (Å²) in [6.07, 6.45) is 6.51. The largest absolute Gasteiger partial charge is 0.497 e. The zero-order chi connectivity index (χ0) is 20.4. The molecule has 0 N–H and O–H groups in total. The number of halogens is 2. The summed E-state index contributed by atoms with van der Waals surface area (Å²) in [6.45, 7) is 2.34. The van der Waals surface area contributed by atoms with Crippen LogP contribution in [-0.4, -0.2) is 29.9 Å². The van der Waals surface area contributed by atoms with Crippen molar-refractivity contribution in [2.45, 2.75) is 38.1 Å². The summed E-state index contributed by atoms with van der Waals surface area (Å²) in [5.41, 5.74) is 1.82. The van der Waals surface area contributed by atoms with Crippen molar-refractivity contribution in [2.75, 3.05) is 18.3 Å². The molecule has 1 aliphatic heterocycles. The highest BCUT2D eigenvalue weighted by Crippen LogP contribution is 2.45. The van der Waals surface area contributed by atoms with Gasteiger partial charge in [-0.05, 0) is 86.4 Å². The number of anilines is 1.